The molecule has 0 heterocycles. The van der Waals surface area contributed by atoms with Crippen molar-refractivity contribution in [3.8, 4) is 0 Å². The van der Waals surface area contributed by atoms with Crippen molar-refractivity contribution >= 4 is 0 Å². The summed E-state index contributed by atoms with van der Waals surface area (Å²) in [5, 5.41) is 0. The van der Waals surface area contributed by atoms with Gasteiger partial charge in [0.15, 0.2) is 0 Å². The maximum atomic E-state index is 0. The summed E-state index contributed by atoms with van der Waals surface area (Å²) in [6, 6.07) is 0. The Labute approximate surface area is 80.1 Å². The first-order valence-corrected chi connectivity index (χ1v) is 0. The Balaban J connectivity index is 0. The minimum atomic E-state index is 0. The van der Waals surface area contributed by atoms with E-state index in [0.29, 0.717) is 0 Å². The van der Waals surface area contributed by atoms with Gasteiger partial charge in [0.05, 0.1) is 0 Å². The average Bonchev–Trinajstić information content (AvgIpc) is 0. The van der Waals surface area contributed by atoms with Gasteiger partial charge in [0.1, 0.15) is 0 Å². The van der Waals surface area contributed by atoms with E-state index in [-0.39, 0.29) is 80.9 Å². The zero-order chi connectivity index (χ0) is 0. The van der Waals surface area contributed by atoms with Gasteiger partial charge in [-0.15, -0.1) is 0 Å². The van der Waals surface area contributed by atoms with Crippen molar-refractivity contribution in [2.75, 3.05) is 0 Å². The van der Waals surface area contributed by atoms with Crippen molar-refractivity contribution in [1.29, 1.82) is 0 Å². The molecule has 0 aromatic carbocycles. The van der Waals surface area contributed by atoms with Gasteiger partial charge in [0.2, 0.25) is 0 Å². The Morgan fingerprint density at radius 2 is 0.500 bits per heavy atom. The van der Waals surface area contributed by atoms with Crippen LogP contribution in [0.5, 0.6) is 0 Å². The van der Waals surface area contributed by atoms with Crippen LogP contribution in [-0.4, -0.2) is 16.4 Å². The van der Waals surface area contributed by atoms with Crippen LogP contribution in [0.1, 0.15) is 0 Å². The van der Waals surface area contributed by atoms with Gasteiger partial charge in [-0.1, -0.05) is 0 Å². The van der Waals surface area contributed by atoms with E-state index >= 15 is 0 Å². The van der Waals surface area contributed by atoms with Crippen molar-refractivity contribution in [2.45, 2.75) is 0 Å². The smallest absolute Gasteiger partial charge is 1.00 e. The van der Waals surface area contributed by atoms with Gasteiger partial charge in [-0.2, -0.15) is 0 Å². The number of halogens is 2. The molecular formula is H6I2NiO3. The summed E-state index contributed by atoms with van der Waals surface area (Å²) in [7, 11) is 0. The van der Waals surface area contributed by atoms with Crippen molar-refractivity contribution < 1.29 is 80.9 Å². The summed E-state index contributed by atoms with van der Waals surface area (Å²) in [6.07, 6.45) is 0. The molecule has 0 fully saturated rings. The first-order valence-electron chi connectivity index (χ1n) is 0. The third-order valence-electron chi connectivity index (χ3n) is 0. The van der Waals surface area contributed by atoms with Crippen LogP contribution in [0.25, 0.3) is 0 Å². The van der Waals surface area contributed by atoms with Crippen molar-refractivity contribution in [3.63, 3.8) is 0 Å². The molecule has 0 radical (unpaired) electrons. The Kier molecular flexibility index (Phi) is 1250. The second kappa shape index (κ2) is 69.2. The molecule has 0 aliphatic heterocycles. The molecule has 0 aromatic rings. The molecule has 6 heavy (non-hydrogen) atoms. The van der Waals surface area contributed by atoms with Crippen molar-refractivity contribution in [2.24, 2.45) is 0 Å². The van der Waals surface area contributed by atoms with E-state index in [1.807, 2.05) is 0 Å². The van der Waals surface area contributed by atoms with Gasteiger partial charge in [0.25, 0.3) is 0 Å². The van der Waals surface area contributed by atoms with E-state index in [9.17, 15) is 0 Å². The predicted octanol–water partition coefficient (Wildman–Crippen LogP) is -8.47. The van der Waals surface area contributed by atoms with Crippen LogP contribution < -0.4 is 48.0 Å². The maximum Gasteiger partial charge on any atom is 2.00 e. The van der Waals surface area contributed by atoms with Crippen LogP contribution in [0.4, 0.5) is 0 Å². The van der Waals surface area contributed by atoms with E-state index in [4.69, 9.17) is 0 Å². The second-order valence-corrected chi connectivity index (χ2v) is 0. The van der Waals surface area contributed by atoms with E-state index in [1.165, 1.54) is 0 Å². The molecule has 0 unspecified atom stereocenters. The minimum absolute atomic E-state index is 0. The summed E-state index contributed by atoms with van der Waals surface area (Å²) in [4.78, 5) is 0. The van der Waals surface area contributed by atoms with Gasteiger partial charge in [-0.25, -0.2) is 0 Å². The average molecular weight is 367 g/mol. The summed E-state index contributed by atoms with van der Waals surface area (Å²) < 4.78 is 0. The Hall–Kier alpha value is 1.83. The third-order valence-corrected chi connectivity index (χ3v) is 0. The molecule has 0 saturated heterocycles. The summed E-state index contributed by atoms with van der Waals surface area (Å²) >= 11 is 0. The zero-order valence-corrected chi connectivity index (χ0v) is 7.87. The van der Waals surface area contributed by atoms with Crippen LogP contribution in [0.2, 0.25) is 0 Å². The van der Waals surface area contributed by atoms with Crippen LogP contribution in [0, 0.1) is 0 Å². The molecule has 0 rings (SSSR count). The SMILES string of the molecule is O.O.O.[I-].[I-].[Ni+2]. The molecule has 48 valence electrons. The molecule has 0 spiro atoms. The second-order valence-electron chi connectivity index (χ2n) is 0. The quantitative estimate of drug-likeness (QED) is 0.301. The van der Waals surface area contributed by atoms with Crippen LogP contribution in [-0.2, 0) is 16.5 Å². The Morgan fingerprint density at radius 1 is 0.500 bits per heavy atom. The summed E-state index contributed by atoms with van der Waals surface area (Å²) in [6.45, 7) is 0. The fourth-order valence-electron chi connectivity index (χ4n) is 0. The van der Waals surface area contributed by atoms with Crippen molar-refractivity contribution in [1.82, 2.24) is 0 Å². The first kappa shape index (κ1) is 109. The Bertz CT molecular complexity index is 8.75. The molecule has 6 N–H and O–H groups in total. The van der Waals surface area contributed by atoms with Crippen molar-refractivity contribution in [3.05, 3.63) is 0 Å². The molecule has 3 nitrogen and oxygen atoms in total. The zero-order valence-electron chi connectivity index (χ0n) is 2.57. The number of rotatable bonds is 0. The fraction of sp³-hybridized carbons (Fsp3) is 0. The predicted molar refractivity (Wildman–Crippen MR) is 10.8 cm³/mol. The number of hydrogen-bond donors (Lipinski definition) is 0. The van der Waals surface area contributed by atoms with Crippen LogP contribution >= 0.6 is 0 Å². The van der Waals surface area contributed by atoms with E-state index < -0.39 is 0 Å². The van der Waals surface area contributed by atoms with Gasteiger partial charge >= 0.3 is 16.5 Å². The molecule has 0 atom stereocenters. The minimum Gasteiger partial charge on any atom is -1.00 e. The monoisotopic (exact) mass is 366 g/mol. The molecule has 0 saturated carbocycles. The molecule has 0 aliphatic rings. The van der Waals surface area contributed by atoms with E-state index in [0.717, 1.165) is 0 Å². The van der Waals surface area contributed by atoms with E-state index in [1.54, 1.807) is 0 Å². The molecule has 0 aromatic heterocycles. The largest absolute Gasteiger partial charge is 2.00 e. The van der Waals surface area contributed by atoms with Crippen LogP contribution in [0.15, 0.2) is 0 Å². The number of hydrogen-bond acceptors (Lipinski definition) is 0. The normalized spacial score (nSPS) is 0. The van der Waals surface area contributed by atoms with Crippen LogP contribution in [0.3, 0.4) is 0 Å². The summed E-state index contributed by atoms with van der Waals surface area (Å²) in [5.41, 5.74) is 0. The standard InChI is InChI=1S/2HI.Ni.3H2O/h2*1H;;3*1H2/q;;+2;;;/p-2. The molecule has 0 bridgehead atoms. The van der Waals surface area contributed by atoms with Gasteiger partial charge < -0.3 is 64.4 Å². The molecule has 0 amide bonds. The van der Waals surface area contributed by atoms with Gasteiger partial charge in [-0.3, -0.25) is 0 Å². The Morgan fingerprint density at radius 3 is 0.500 bits per heavy atom. The van der Waals surface area contributed by atoms with E-state index in [2.05, 4.69) is 0 Å². The third kappa shape index (κ3) is 40.5. The maximum absolute atomic E-state index is 0. The molecule has 0 aliphatic carbocycles. The fourth-order valence-corrected chi connectivity index (χ4v) is 0. The van der Waals surface area contributed by atoms with Gasteiger partial charge in [-0.05, 0) is 0 Å². The van der Waals surface area contributed by atoms with Gasteiger partial charge in [0, 0.05) is 0 Å². The summed E-state index contributed by atoms with van der Waals surface area (Å²) in [5.74, 6) is 0. The molecular weight excluding hydrogens is 360 g/mol. The topological polar surface area (TPSA) is 94.5 Å². The molecule has 6 heteroatoms. The first-order chi connectivity index (χ1) is 0.